The molecule has 1 fully saturated rings. The zero-order chi connectivity index (χ0) is 21.3. The van der Waals surface area contributed by atoms with Gasteiger partial charge in [0.15, 0.2) is 0 Å². The summed E-state index contributed by atoms with van der Waals surface area (Å²) in [5.74, 6) is 2.88. The standard InChI is InChI=1S/C28H49NO/c1-3-5-7-9-11-13-23-30-28-22-21-27(29-24-28)20-19-26-17-15-25(16-18-26)14-12-10-8-6-4-2/h21-22,24-26H,3-20,23H2,1-2H3. The van der Waals surface area contributed by atoms with Crippen LogP contribution in [0.15, 0.2) is 18.3 Å². The van der Waals surface area contributed by atoms with Crippen LogP contribution in [0, 0.1) is 11.8 Å². The fraction of sp³-hybridized carbons (Fsp3) is 0.821. The maximum Gasteiger partial charge on any atom is 0.137 e. The van der Waals surface area contributed by atoms with Gasteiger partial charge in [-0.1, -0.05) is 110 Å². The number of unbranched alkanes of at least 4 members (excludes halogenated alkanes) is 9. The van der Waals surface area contributed by atoms with Crippen molar-refractivity contribution in [2.45, 2.75) is 129 Å². The highest BCUT2D eigenvalue weighted by Crippen LogP contribution is 2.34. The number of ether oxygens (including phenoxy) is 1. The van der Waals surface area contributed by atoms with Crippen LogP contribution in [0.3, 0.4) is 0 Å². The molecule has 0 N–H and O–H groups in total. The number of aryl methyl sites for hydroxylation is 1. The third-order valence-electron chi connectivity index (χ3n) is 7.06. The number of nitrogens with zero attached hydrogens (tertiary/aromatic N) is 1. The lowest BCUT2D eigenvalue weighted by Gasteiger charge is -2.28. The molecular weight excluding hydrogens is 366 g/mol. The SMILES string of the molecule is CCCCCCCCOc1ccc(CCC2CCC(CCCCCCC)CC2)nc1. The minimum atomic E-state index is 0.828. The summed E-state index contributed by atoms with van der Waals surface area (Å²) in [5.41, 5.74) is 1.24. The van der Waals surface area contributed by atoms with Gasteiger partial charge in [-0.3, -0.25) is 4.98 Å². The van der Waals surface area contributed by atoms with Crippen molar-refractivity contribution < 1.29 is 4.74 Å². The average molecular weight is 416 g/mol. The second-order valence-electron chi connectivity index (χ2n) is 9.73. The smallest absolute Gasteiger partial charge is 0.137 e. The Morgan fingerprint density at radius 3 is 1.97 bits per heavy atom. The van der Waals surface area contributed by atoms with E-state index in [2.05, 4.69) is 31.0 Å². The van der Waals surface area contributed by atoms with Crippen LogP contribution in [0.5, 0.6) is 5.75 Å². The number of pyridine rings is 1. The van der Waals surface area contributed by atoms with Crippen LogP contribution in [0.25, 0.3) is 0 Å². The summed E-state index contributed by atoms with van der Waals surface area (Å²) < 4.78 is 5.87. The van der Waals surface area contributed by atoms with E-state index in [-0.39, 0.29) is 0 Å². The molecule has 0 spiro atoms. The first-order valence-electron chi connectivity index (χ1n) is 13.4. The highest BCUT2D eigenvalue weighted by Gasteiger charge is 2.20. The van der Waals surface area contributed by atoms with Crippen molar-refractivity contribution in [2.24, 2.45) is 11.8 Å². The van der Waals surface area contributed by atoms with Crippen LogP contribution in [0.2, 0.25) is 0 Å². The second-order valence-corrected chi connectivity index (χ2v) is 9.73. The van der Waals surface area contributed by atoms with E-state index >= 15 is 0 Å². The minimum absolute atomic E-state index is 0.828. The Morgan fingerprint density at radius 2 is 1.33 bits per heavy atom. The van der Waals surface area contributed by atoms with Crippen LogP contribution in [-0.4, -0.2) is 11.6 Å². The lowest BCUT2D eigenvalue weighted by atomic mass is 9.78. The Kier molecular flexibility index (Phi) is 14.0. The molecule has 0 aromatic carbocycles. The summed E-state index contributed by atoms with van der Waals surface area (Å²) in [6.45, 7) is 5.40. The summed E-state index contributed by atoms with van der Waals surface area (Å²) in [7, 11) is 0. The van der Waals surface area contributed by atoms with Crippen LogP contribution in [-0.2, 0) is 6.42 Å². The number of aromatic nitrogens is 1. The fourth-order valence-corrected chi connectivity index (χ4v) is 4.91. The summed E-state index contributed by atoms with van der Waals surface area (Å²) in [4.78, 5) is 4.66. The molecule has 0 unspecified atom stereocenters. The van der Waals surface area contributed by atoms with Crippen molar-refractivity contribution in [3.8, 4) is 5.75 Å². The fourth-order valence-electron chi connectivity index (χ4n) is 4.91. The van der Waals surface area contributed by atoms with E-state index in [1.54, 1.807) is 0 Å². The van der Waals surface area contributed by atoms with Crippen molar-refractivity contribution in [1.29, 1.82) is 0 Å². The Morgan fingerprint density at radius 1 is 0.733 bits per heavy atom. The lowest BCUT2D eigenvalue weighted by molar-refractivity contribution is 0.248. The molecule has 172 valence electrons. The van der Waals surface area contributed by atoms with Gasteiger partial charge in [-0.05, 0) is 43.2 Å². The molecular formula is C28H49NO. The molecule has 1 aliphatic carbocycles. The molecule has 1 saturated carbocycles. The molecule has 0 aliphatic heterocycles. The van der Waals surface area contributed by atoms with Gasteiger partial charge in [-0.25, -0.2) is 0 Å². The second kappa shape index (κ2) is 16.6. The highest BCUT2D eigenvalue weighted by atomic mass is 16.5. The molecule has 2 heteroatoms. The molecule has 2 nitrogen and oxygen atoms in total. The maximum atomic E-state index is 5.87. The molecule has 0 saturated heterocycles. The van der Waals surface area contributed by atoms with E-state index in [1.807, 2.05) is 6.20 Å². The highest BCUT2D eigenvalue weighted by molar-refractivity contribution is 5.19. The summed E-state index contributed by atoms with van der Waals surface area (Å²) in [5, 5.41) is 0. The molecule has 1 aliphatic rings. The first kappa shape index (κ1) is 25.2. The molecule has 0 amide bonds. The Bertz CT molecular complexity index is 504. The van der Waals surface area contributed by atoms with Gasteiger partial charge in [0.2, 0.25) is 0 Å². The molecule has 0 atom stereocenters. The van der Waals surface area contributed by atoms with Crippen molar-refractivity contribution in [3.05, 3.63) is 24.0 Å². The Labute approximate surface area is 187 Å². The topological polar surface area (TPSA) is 22.1 Å². The van der Waals surface area contributed by atoms with Gasteiger partial charge in [-0.15, -0.1) is 0 Å². The van der Waals surface area contributed by atoms with Gasteiger partial charge in [0.1, 0.15) is 5.75 Å². The molecule has 30 heavy (non-hydrogen) atoms. The van der Waals surface area contributed by atoms with E-state index in [4.69, 9.17) is 4.74 Å². The van der Waals surface area contributed by atoms with Crippen LogP contribution in [0.1, 0.15) is 129 Å². The number of hydrogen-bond acceptors (Lipinski definition) is 2. The molecule has 0 bridgehead atoms. The van der Waals surface area contributed by atoms with Crippen LogP contribution in [0.4, 0.5) is 0 Å². The Hall–Kier alpha value is -1.05. The van der Waals surface area contributed by atoms with Crippen molar-refractivity contribution in [1.82, 2.24) is 4.98 Å². The molecule has 1 heterocycles. The third kappa shape index (κ3) is 11.4. The zero-order valence-corrected chi connectivity index (χ0v) is 20.2. The predicted octanol–water partition coefficient (Wildman–Crippen LogP) is 8.92. The maximum absolute atomic E-state index is 5.87. The molecule has 1 aromatic rings. The molecule has 2 rings (SSSR count). The van der Waals surface area contributed by atoms with E-state index in [0.717, 1.165) is 37.0 Å². The predicted molar refractivity (Wildman–Crippen MR) is 130 cm³/mol. The number of rotatable bonds is 17. The largest absolute Gasteiger partial charge is 0.492 e. The quantitative estimate of drug-likeness (QED) is 0.237. The van der Waals surface area contributed by atoms with E-state index in [0.29, 0.717) is 0 Å². The summed E-state index contributed by atoms with van der Waals surface area (Å²) in [6.07, 6.45) is 26.7. The monoisotopic (exact) mass is 415 g/mol. The number of hydrogen-bond donors (Lipinski definition) is 0. The van der Waals surface area contributed by atoms with Gasteiger partial charge >= 0.3 is 0 Å². The van der Waals surface area contributed by atoms with Gasteiger partial charge < -0.3 is 4.74 Å². The molecule has 0 radical (unpaired) electrons. The minimum Gasteiger partial charge on any atom is -0.492 e. The van der Waals surface area contributed by atoms with Crippen LogP contribution >= 0.6 is 0 Å². The van der Waals surface area contributed by atoms with Gasteiger partial charge in [0.25, 0.3) is 0 Å². The zero-order valence-electron chi connectivity index (χ0n) is 20.2. The molecule has 1 aromatic heterocycles. The third-order valence-corrected chi connectivity index (χ3v) is 7.06. The van der Waals surface area contributed by atoms with Crippen molar-refractivity contribution in [3.63, 3.8) is 0 Å². The van der Waals surface area contributed by atoms with Gasteiger partial charge in [-0.2, -0.15) is 0 Å². The average Bonchev–Trinajstić information content (AvgIpc) is 2.78. The van der Waals surface area contributed by atoms with Crippen molar-refractivity contribution in [2.75, 3.05) is 6.61 Å². The van der Waals surface area contributed by atoms with Gasteiger partial charge in [0.05, 0.1) is 12.8 Å². The lowest BCUT2D eigenvalue weighted by Crippen LogP contribution is -2.15. The summed E-state index contributed by atoms with van der Waals surface area (Å²) >= 11 is 0. The van der Waals surface area contributed by atoms with E-state index in [1.165, 1.54) is 108 Å². The first-order chi connectivity index (χ1) is 14.8. The Balaban J connectivity index is 1.51. The van der Waals surface area contributed by atoms with Gasteiger partial charge in [0, 0.05) is 5.69 Å². The summed E-state index contributed by atoms with van der Waals surface area (Å²) in [6, 6.07) is 4.30. The van der Waals surface area contributed by atoms with Crippen molar-refractivity contribution >= 4 is 0 Å². The van der Waals surface area contributed by atoms with E-state index < -0.39 is 0 Å². The van der Waals surface area contributed by atoms with E-state index in [9.17, 15) is 0 Å². The first-order valence-corrected chi connectivity index (χ1v) is 13.4. The normalized spacial score (nSPS) is 19.1. The van der Waals surface area contributed by atoms with Crippen LogP contribution < -0.4 is 4.74 Å².